The maximum Gasteiger partial charge on any atom is 0.231 e. The number of anilines is 1. The Morgan fingerprint density at radius 3 is 2.67 bits per heavy atom. The molecule has 1 heterocycles. The van der Waals surface area contributed by atoms with Crippen LogP contribution in [0.2, 0.25) is 0 Å². The lowest BCUT2D eigenvalue weighted by atomic mass is 10.1. The molecule has 0 radical (unpaired) electrons. The Kier molecular flexibility index (Phi) is 3.97. The second-order valence-corrected chi connectivity index (χ2v) is 5.03. The third kappa shape index (κ3) is 2.88. The first kappa shape index (κ1) is 13.0. The summed E-state index contributed by atoms with van der Waals surface area (Å²) in [7, 11) is 2.10. The minimum absolute atomic E-state index is 0.274. The SMILES string of the molecule is Cc1cc2c(cc1N(C)CCCC(C)N)OCO2. The van der Waals surface area contributed by atoms with Crippen molar-refractivity contribution in [1.29, 1.82) is 0 Å². The van der Waals surface area contributed by atoms with E-state index in [-0.39, 0.29) is 6.04 Å². The Bertz CT molecular complexity index is 419. The van der Waals surface area contributed by atoms with Crippen molar-refractivity contribution in [2.24, 2.45) is 5.73 Å². The van der Waals surface area contributed by atoms with Gasteiger partial charge in [0.1, 0.15) is 0 Å². The Balaban J connectivity index is 2.03. The molecule has 1 unspecified atom stereocenters. The Morgan fingerprint density at radius 1 is 1.33 bits per heavy atom. The standard InChI is InChI=1S/C14H22N2O2/c1-10-7-13-14(18-9-17-13)8-12(10)16(3)6-4-5-11(2)15/h7-8,11H,4-6,9,15H2,1-3H3. The maximum absolute atomic E-state index is 5.77. The summed E-state index contributed by atoms with van der Waals surface area (Å²) in [6.07, 6.45) is 2.15. The molecule has 1 aromatic rings. The van der Waals surface area contributed by atoms with E-state index in [9.17, 15) is 0 Å². The zero-order chi connectivity index (χ0) is 13.1. The number of ether oxygens (including phenoxy) is 2. The van der Waals surface area contributed by atoms with Gasteiger partial charge in [0, 0.05) is 31.4 Å². The first-order valence-electron chi connectivity index (χ1n) is 6.45. The van der Waals surface area contributed by atoms with Crippen molar-refractivity contribution in [2.45, 2.75) is 32.7 Å². The molecule has 0 saturated carbocycles. The molecule has 0 aliphatic carbocycles. The highest BCUT2D eigenvalue weighted by Gasteiger charge is 2.17. The summed E-state index contributed by atoms with van der Waals surface area (Å²) >= 11 is 0. The highest BCUT2D eigenvalue weighted by atomic mass is 16.7. The highest BCUT2D eigenvalue weighted by molar-refractivity contribution is 5.61. The molecule has 4 heteroatoms. The lowest BCUT2D eigenvalue weighted by Gasteiger charge is -2.22. The molecule has 0 spiro atoms. The summed E-state index contributed by atoms with van der Waals surface area (Å²) < 4.78 is 10.8. The predicted octanol–water partition coefficient (Wildman–Crippen LogP) is 2.29. The lowest BCUT2D eigenvalue weighted by molar-refractivity contribution is 0.174. The van der Waals surface area contributed by atoms with Crippen molar-refractivity contribution in [1.82, 2.24) is 0 Å². The van der Waals surface area contributed by atoms with Crippen LogP contribution in [0.4, 0.5) is 5.69 Å². The lowest BCUT2D eigenvalue weighted by Crippen LogP contribution is -2.22. The molecule has 100 valence electrons. The number of fused-ring (bicyclic) bond motifs is 1. The fourth-order valence-electron chi connectivity index (χ4n) is 2.22. The van der Waals surface area contributed by atoms with Crippen molar-refractivity contribution in [3.05, 3.63) is 17.7 Å². The molecule has 1 aliphatic rings. The first-order valence-corrected chi connectivity index (χ1v) is 6.45. The van der Waals surface area contributed by atoms with Gasteiger partial charge in [-0.3, -0.25) is 0 Å². The summed E-state index contributed by atoms with van der Waals surface area (Å²) in [5.74, 6) is 1.69. The quantitative estimate of drug-likeness (QED) is 0.871. The number of nitrogens with zero attached hydrogens (tertiary/aromatic N) is 1. The van der Waals surface area contributed by atoms with E-state index in [1.54, 1.807) is 0 Å². The van der Waals surface area contributed by atoms with E-state index in [0.717, 1.165) is 30.9 Å². The number of hydrogen-bond acceptors (Lipinski definition) is 4. The molecular weight excluding hydrogens is 228 g/mol. The zero-order valence-corrected chi connectivity index (χ0v) is 11.4. The summed E-state index contributed by atoms with van der Waals surface area (Å²) in [6.45, 7) is 5.47. The molecule has 0 amide bonds. The minimum atomic E-state index is 0.274. The molecule has 4 nitrogen and oxygen atoms in total. The Morgan fingerprint density at radius 2 is 2.00 bits per heavy atom. The average Bonchev–Trinajstić information content (AvgIpc) is 2.74. The van der Waals surface area contributed by atoms with Gasteiger partial charge < -0.3 is 20.1 Å². The van der Waals surface area contributed by atoms with E-state index in [2.05, 4.69) is 24.9 Å². The van der Waals surface area contributed by atoms with Gasteiger partial charge in [0.2, 0.25) is 6.79 Å². The number of benzene rings is 1. The number of hydrogen-bond donors (Lipinski definition) is 1. The van der Waals surface area contributed by atoms with Gasteiger partial charge in [0.15, 0.2) is 11.5 Å². The van der Waals surface area contributed by atoms with E-state index < -0.39 is 0 Å². The number of nitrogens with two attached hydrogens (primary N) is 1. The summed E-state index contributed by atoms with van der Waals surface area (Å²) in [4.78, 5) is 2.25. The van der Waals surface area contributed by atoms with Crippen LogP contribution in [-0.4, -0.2) is 26.4 Å². The molecule has 18 heavy (non-hydrogen) atoms. The van der Waals surface area contributed by atoms with Crippen LogP contribution in [0.1, 0.15) is 25.3 Å². The minimum Gasteiger partial charge on any atom is -0.454 e. The van der Waals surface area contributed by atoms with Crippen LogP contribution >= 0.6 is 0 Å². The van der Waals surface area contributed by atoms with Gasteiger partial charge in [-0.2, -0.15) is 0 Å². The van der Waals surface area contributed by atoms with Gasteiger partial charge in [-0.05, 0) is 38.3 Å². The van der Waals surface area contributed by atoms with Gasteiger partial charge in [-0.25, -0.2) is 0 Å². The molecular formula is C14H22N2O2. The van der Waals surface area contributed by atoms with Crippen molar-refractivity contribution >= 4 is 5.69 Å². The molecule has 2 N–H and O–H groups in total. The largest absolute Gasteiger partial charge is 0.454 e. The molecule has 0 saturated heterocycles. The van der Waals surface area contributed by atoms with Gasteiger partial charge in [-0.15, -0.1) is 0 Å². The Hall–Kier alpha value is -1.42. The smallest absolute Gasteiger partial charge is 0.231 e. The summed E-state index contributed by atoms with van der Waals surface area (Å²) in [5.41, 5.74) is 8.17. The topological polar surface area (TPSA) is 47.7 Å². The monoisotopic (exact) mass is 250 g/mol. The summed E-state index contributed by atoms with van der Waals surface area (Å²) in [6, 6.07) is 4.37. The van der Waals surface area contributed by atoms with Gasteiger partial charge >= 0.3 is 0 Å². The van der Waals surface area contributed by atoms with Crippen LogP contribution < -0.4 is 20.1 Å². The third-order valence-electron chi connectivity index (χ3n) is 3.26. The highest BCUT2D eigenvalue weighted by Crippen LogP contribution is 2.37. The normalized spacial score (nSPS) is 14.7. The van der Waals surface area contributed by atoms with E-state index >= 15 is 0 Å². The van der Waals surface area contributed by atoms with Crippen LogP contribution in [0.5, 0.6) is 11.5 Å². The van der Waals surface area contributed by atoms with Crippen molar-refractivity contribution in [2.75, 3.05) is 25.3 Å². The van der Waals surface area contributed by atoms with E-state index in [1.165, 1.54) is 11.3 Å². The fraction of sp³-hybridized carbons (Fsp3) is 0.571. The molecule has 0 bridgehead atoms. The van der Waals surface area contributed by atoms with Gasteiger partial charge in [0.25, 0.3) is 0 Å². The molecule has 1 atom stereocenters. The fourth-order valence-corrected chi connectivity index (χ4v) is 2.22. The summed E-state index contributed by atoms with van der Waals surface area (Å²) in [5, 5.41) is 0. The van der Waals surface area contributed by atoms with Gasteiger partial charge in [-0.1, -0.05) is 0 Å². The average molecular weight is 250 g/mol. The maximum atomic E-state index is 5.77. The van der Waals surface area contributed by atoms with Gasteiger partial charge in [0.05, 0.1) is 0 Å². The van der Waals surface area contributed by atoms with Crippen molar-refractivity contribution < 1.29 is 9.47 Å². The van der Waals surface area contributed by atoms with Crippen LogP contribution in [0.3, 0.4) is 0 Å². The second-order valence-electron chi connectivity index (χ2n) is 5.03. The molecule has 2 rings (SSSR count). The molecule has 0 aromatic heterocycles. The zero-order valence-electron chi connectivity index (χ0n) is 11.4. The molecule has 0 fully saturated rings. The third-order valence-corrected chi connectivity index (χ3v) is 3.26. The number of rotatable bonds is 5. The second kappa shape index (κ2) is 5.48. The van der Waals surface area contributed by atoms with Crippen LogP contribution in [-0.2, 0) is 0 Å². The first-order chi connectivity index (χ1) is 8.58. The van der Waals surface area contributed by atoms with Crippen LogP contribution in [0, 0.1) is 6.92 Å². The van der Waals surface area contributed by atoms with Crippen molar-refractivity contribution in [3.63, 3.8) is 0 Å². The Labute approximate surface area is 109 Å². The van der Waals surface area contributed by atoms with Crippen LogP contribution in [0.25, 0.3) is 0 Å². The van der Waals surface area contributed by atoms with E-state index in [4.69, 9.17) is 15.2 Å². The van der Waals surface area contributed by atoms with Crippen molar-refractivity contribution in [3.8, 4) is 11.5 Å². The molecule has 1 aliphatic heterocycles. The van der Waals surface area contributed by atoms with Crippen LogP contribution in [0.15, 0.2) is 12.1 Å². The van der Waals surface area contributed by atoms with E-state index in [1.807, 2.05) is 13.0 Å². The molecule has 1 aromatic carbocycles. The number of aryl methyl sites for hydroxylation is 1. The predicted molar refractivity (Wildman–Crippen MR) is 73.5 cm³/mol. The van der Waals surface area contributed by atoms with E-state index in [0.29, 0.717) is 6.79 Å².